The highest BCUT2D eigenvalue weighted by Crippen LogP contribution is 2.43. The average Bonchev–Trinajstić information content (AvgIpc) is 3.32. The highest BCUT2D eigenvalue weighted by molar-refractivity contribution is 7.47. The Morgan fingerprint density at radius 1 is 0.485 bits per heavy atom. The molecule has 0 saturated carbocycles. The molecule has 0 aliphatic heterocycles. The molecule has 0 aromatic carbocycles. The molecule has 0 fully saturated rings. The summed E-state index contributed by atoms with van der Waals surface area (Å²) in [5, 5.41) is 21.9. The van der Waals surface area contributed by atoms with Crippen LogP contribution in [0.3, 0.4) is 0 Å². The second-order valence-electron chi connectivity index (χ2n) is 16.6. The molecule has 0 aromatic heterocycles. The van der Waals surface area contributed by atoms with Gasteiger partial charge < -0.3 is 25.2 Å². The molecule has 3 atom stereocenters. The zero-order valence-corrected chi connectivity index (χ0v) is 42.7. The molecule has 0 spiro atoms. The van der Waals surface area contributed by atoms with Gasteiger partial charge in [-0.1, -0.05) is 180 Å². The summed E-state index contributed by atoms with van der Waals surface area (Å²) in [5.41, 5.74) is 0. The molecule has 11 nitrogen and oxygen atoms in total. The monoisotopic (exact) mass is 968 g/mol. The first-order chi connectivity index (χ1) is 33.1. The highest BCUT2D eigenvalue weighted by atomic mass is 31.2. The first-order valence-electron chi connectivity index (χ1n) is 25.6. The molecule has 0 aliphatic carbocycles. The second-order valence-corrected chi connectivity index (χ2v) is 18.1. The normalized spacial score (nSPS) is 14.5. The van der Waals surface area contributed by atoms with Crippen molar-refractivity contribution in [3.05, 3.63) is 122 Å². The fourth-order valence-electron chi connectivity index (χ4n) is 6.30. The maximum Gasteiger partial charge on any atom is 0.472 e. The molecular weight excluding hydrogens is 878 g/mol. The summed E-state index contributed by atoms with van der Waals surface area (Å²) in [7, 11) is -4.79. The first kappa shape index (κ1) is 63.9. The molecule has 3 unspecified atom stereocenters. The number of carbonyl (C=O) groups excluding carboxylic acids is 2. The third kappa shape index (κ3) is 48.3. The van der Waals surface area contributed by atoms with Crippen LogP contribution in [-0.4, -0.2) is 64.9 Å². The Bertz CT molecular complexity index is 1610. The lowest BCUT2D eigenvalue weighted by Crippen LogP contribution is -2.43. The van der Waals surface area contributed by atoms with Gasteiger partial charge in [0.15, 0.2) is 6.04 Å². The molecule has 68 heavy (non-hydrogen) atoms. The number of ether oxygens (including phenoxy) is 1. The molecule has 0 saturated heterocycles. The predicted octanol–water partition coefficient (Wildman–Crippen LogP) is 14.3. The van der Waals surface area contributed by atoms with Crippen LogP contribution >= 0.6 is 7.82 Å². The van der Waals surface area contributed by atoms with Crippen LogP contribution in [0.5, 0.6) is 0 Å². The largest absolute Gasteiger partial charge is 0.480 e. The third-order valence-corrected chi connectivity index (χ3v) is 11.2. The molecule has 1 amide bonds. The van der Waals surface area contributed by atoms with Gasteiger partial charge in [0.05, 0.1) is 13.2 Å². The van der Waals surface area contributed by atoms with Gasteiger partial charge in [0.2, 0.25) is 5.91 Å². The van der Waals surface area contributed by atoms with Gasteiger partial charge in [0, 0.05) is 12.8 Å². The van der Waals surface area contributed by atoms with E-state index in [1.807, 2.05) is 6.08 Å². The number of nitrogens with one attached hydrogen (secondary N) is 1. The lowest BCUT2D eigenvalue weighted by molar-refractivity contribution is -0.147. The van der Waals surface area contributed by atoms with Gasteiger partial charge >= 0.3 is 19.8 Å². The summed E-state index contributed by atoms with van der Waals surface area (Å²) >= 11 is 0. The van der Waals surface area contributed by atoms with E-state index in [0.29, 0.717) is 12.8 Å². The van der Waals surface area contributed by atoms with Crippen molar-refractivity contribution in [1.29, 1.82) is 0 Å². The van der Waals surface area contributed by atoms with Gasteiger partial charge in [0.25, 0.3) is 0 Å². The number of unbranched alkanes of at least 4 members (excludes halogenated alkanes) is 12. The Balaban J connectivity index is 3.95. The van der Waals surface area contributed by atoms with Crippen LogP contribution in [0, 0.1) is 0 Å². The number of phosphoric acid groups is 1. The number of carboxylic acids is 1. The maximum atomic E-state index is 12.4. The zero-order valence-electron chi connectivity index (χ0n) is 41.9. The van der Waals surface area contributed by atoms with Crippen molar-refractivity contribution in [3.8, 4) is 0 Å². The number of esters is 1. The number of hydrogen-bond donors (Lipinski definition) is 4. The van der Waals surface area contributed by atoms with Crippen LogP contribution in [0.2, 0.25) is 0 Å². The Morgan fingerprint density at radius 2 is 0.853 bits per heavy atom. The van der Waals surface area contributed by atoms with Crippen molar-refractivity contribution in [1.82, 2.24) is 5.32 Å². The summed E-state index contributed by atoms with van der Waals surface area (Å²) in [5.74, 6) is -2.46. The van der Waals surface area contributed by atoms with Crippen molar-refractivity contribution >= 4 is 25.7 Å². The average molecular weight is 968 g/mol. The van der Waals surface area contributed by atoms with Crippen LogP contribution in [0.4, 0.5) is 0 Å². The van der Waals surface area contributed by atoms with E-state index in [9.17, 15) is 34.1 Å². The Labute approximate surface area is 411 Å². The summed E-state index contributed by atoms with van der Waals surface area (Å²) in [6, 6.07) is -1.58. The van der Waals surface area contributed by atoms with E-state index in [4.69, 9.17) is 13.8 Å². The van der Waals surface area contributed by atoms with Gasteiger partial charge in [-0.3, -0.25) is 18.6 Å². The molecular formula is C56H90NO10P. The number of carbonyl (C=O) groups is 3. The number of carboxylic acid groups (broad SMARTS) is 1. The van der Waals surface area contributed by atoms with E-state index in [-0.39, 0.29) is 12.8 Å². The standard InChI is InChI=1S/C56H90NO10P/c1-3-5-7-9-11-13-15-17-19-21-23-25-26-28-30-32-34-36-38-40-42-44-46-48-55(60)65-49-52(58)50-66-68(63,64)67-51-53(56(61)62)57-54(59)47-45-43-41-39-37-35-33-31-29-27-24-22-20-18-16-14-12-10-8-6-4-2/h6,8,11-14,17-20,23-25,27-28,30-31,33,37,39,52-53,58H,3-5,7,9-10,15-16,21-22,26,29,32,34-36,38,40-51H2,1-2H3,(H,57,59)(H,61,62)(H,63,64)/b8-6-,13-11-,14-12-,19-17-,20-18-,25-23-,27-24-,30-28-,33-31-,39-37-. The van der Waals surface area contributed by atoms with Gasteiger partial charge in [-0.2, -0.15) is 0 Å². The van der Waals surface area contributed by atoms with E-state index in [2.05, 4.69) is 135 Å². The van der Waals surface area contributed by atoms with Crippen molar-refractivity contribution in [2.45, 2.75) is 193 Å². The summed E-state index contributed by atoms with van der Waals surface area (Å²) in [6.45, 7) is 2.41. The summed E-state index contributed by atoms with van der Waals surface area (Å²) in [4.78, 5) is 46.1. The Kier molecular flexibility index (Phi) is 46.3. The minimum Gasteiger partial charge on any atom is -0.480 e. The van der Waals surface area contributed by atoms with Crippen molar-refractivity contribution in [2.24, 2.45) is 0 Å². The molecule has 384 valence electrons. The fourth-order valence-corrected chi connectivity index (χ4v) is 7.07. The van der Waals surface area contributed by atoms with Crippen LogP contribution in [0.1, 0.15) is 181 Å². The van der Waals surface area contributed by atoms with Gasteiger partial charge in [-0.15, -0.1) is 0 Å². The zero-order chi connectivity index (χ0) is 49.9. The lowest BCUT2D eigenvalue weighted by Gasteiger charge is -2.18. The SMILES string of the molecule is CC/C=C\C/C=C\C/C=C\C/C=C\C/C=C\C/C=C\CCCCC(=O)NC(COP(=O)(O)OCC(O)COC(=O)CCCCCCCCC/C=C\C/C=C\C/C=C\C/C=C\CCCCC)C(=O)O. The number of allylic oxidation sites excluding steroid dienone is 20. The van der Waals surface area contributed by atoms with Crippen LogP contribution < -0.4 is 5.32 Å². The van der Waals surface area contributed by atoms with Crippen molar-refractivity contribution < 1.29 is 47.8 Å². The van der Waals surface area contributed by atoms with Crippen molar-refractivity contribution in [3.63, 3.8) is 0 Å². The molecule has 4 N–H and O–H groups in total. The minimum absolute atomic E-state index is 0.0822. The molecule has 0 bridgehead atoms. The predicted molar refractivity (Wildman–Crippen MR) is 281 cm³/mol. The Morgan fingerprint density at radius 3 is 1.29 bits per heavy atom. The van der Waals surface area contributed by atoms with Crippen LogP contribution in [0.15, 0.2) is 122 Å². The van der Waals surface area contributed by atoms with E-state index in [0.717, 1.165) is 103 Å². The first-order valence-corrected chi connectivity index (χ1v) is 27.1. The number of amides is 1. The Hall–Kier alpha value is -4.12. The van der Waals surface area contributed by atoms with E-state index >= 15 is 0 Å². The van der Waals surface area contributed by atoms with Gasteiger partial charge in [-0.25, -0.2) is 9.36 Å². The number of aliphatic carboxylic acids is 1. The van der Waals surface area contributed by atoms with Gasteiger partial charge in [-0.05, 0) is 109 Å². The van der Waals surface area contributed by atoms with Gasteiger partial charge in [0.1, 0.15) is 12.7 Å². The minimum atomic E-state index is -4.79. The number of rotatable bonds is 46. The quantitative estimate of drug-likeness (QED) is 0.0199. The highest BCUT2D eigenvalue weighted by Gasteiger charge is 2.28. The van der Waals surface area contributed by atoms with E-state index < -0.39 is 57.6 Å². The van der Waals surface area contributed by atoms with Crippen LogP contribution in [-0.2, 0) is 32.7 Å². The second kappa shape index (κ2) is 49.3. The molecule has 0 aliphatic rings. The third-order valence-electron chi connectivity index (χ3n) is 10.2. The van der Waals surface area contributed by atoms with Crippen molar-refractivity contribution in [2.75, 3.05) is 19.8 Å². The fraction of sp³-hybridized carbons (Fsp3) is 0.589. The summed E-state index contributed by atoms with van der Waals surface area (Å²) in [6.07, 6.45) is 66.5. The number of hydrogen-bond acceptors (Lipinski definition) is 8. The number of aliphatic hydroxyl groups is 1. The molecule has 0 radical (unpaired) electrons. The lowest BCUT2D eigenvalue weighted by atomic mass is 10.1. The maximum absolute atomic E-state index is 12.4. The number of phosphoric ester groups is 1. The topological polar surface area (TPSA) is 169 Å². The van der Waals surface area contributed by atoms with E-state index in [1.54, 1.807) is 0 Å². The molecule has 12 heteroatoms. The van der Waals surface area contributed by atoms with Crippen LogP contribution in [0.25, 0.3) is 0 Å². The van der Waals surface area contributed by atoms with E-state index in [1.165, 1.54) is 38.5 Å². The number of aliphatic hydroxyl groups excluding tert-OH is 1. The molecule has 0 heterocycles. The molecule has 0 aromatic rings. The molecule has 0 rings (SSSR count). The smallest absolute Gasteiger partial charge is 0.472 e. The summed E-state index contributed by atoms with van der Waals surface area (Å²) < 4.78 is 26.9.